The zero-order valence-corrected chi connectivity index (χ0v) is 15.3. The predicted octanol–water partition coefficient (Wildman–Crippen LogP) is 3.70. The summed E-state index contributed by atoms with van der Waals surface area (Å²) in [4.78, 5) is 21.4. The van der Waals surface area contributed by atoms with Gasteiger partial charge in [0.2, 0.25) is 0 Å². The molecule has 1 amide bonds. The third-order valence-electron chi connectivity index (χ3n) is 4.94. The number of aromatic nitrogens is 1. The molecule has 1 aromatic carbocycles. The smallest absolute Gasteiger partial charge is 0.259 e. The van der Waals surface area contributed by atoms with Gasteiger partial charge in [-0.3, -0.25) is 9.69 Å². The Morgan fingerprint density at radius 1 is 1.22 bits per heavy atom. The molecule has 0 spiro atoms. The van der Waals surface area contributed by atoms with Crippen LogP contribution in [0.25, 0.3) is 0 Å². The van der Waals surface area contributed by atoms with Gasteiger partial charge in [-0.05, 0) is 43.2 Å². The number of benzene rings is 1. The fourth-order valence-corrected chi connectivity index (χ4v) is 3.51. The van der Waals surface area contributed by atoms with Gasteiger partial charge in [0, 0.05) is 13.2 Å². The molecule has 2 unspecified atom stereocenters. The van der Waals surface area contributed by atoms with E-state index in [9.17, 15) is 9.18 Å². The second-order valence-corrected chi connectivity index (χ2v) is 6.84. The van der Waals surface area contributed by atoms with Gasteiger partial charge < -0.3 is 10.2 Å². The average Bonchev–Trinajstić information content (AvgIpc) is 2.68. The quantitative estimate of drug-likeness (QED) is 0.902. The summed E-state index contributed by atoms with van der Waals surface area (Å²) in [5.74, 6) is 0.0643. The van der Waals surface area contributed by atoms with Gasteiger partial charge in [-0.2, -0.15) is 0 Å². The first-order valence-electron chi connectivity index (χ1n) is 8.92. The van der Waals surface area contributed by atoms with Crippen molar-refractivity contribution >= 4 is 17.4 Å². The van der Waals surface area contributed by atoms with Gasteiger partial charge in [-0.1, -0.05) is 30.4 Å². The molecule has 0 bridgehead atoms. The molecule has 0 saturated carbocycles. The molecule has 6 heteroatoms. The third-order valence-corrected chi connectivity index (χ3v) is 4.94. The van der Waals surface area contributed by atoms with Crippen molar-refractivity contribution in [3.63, 3.8) is 0 Å². The second kappa shape index (κ2) is 6.87. The van der Waals surface area contributed by atoms with Crippen LogP contribution in [-0.2, 0) is 0 Å². The zero-order valence-electron chi connectivity index (χ0n) is 15.3. The van der Waals surface area contributed by atoms with Crippen molar-refractivity contribution < 1.29 is 9.18 Å². The van der Waals surface area contributed by atoms with Crippen LogP contribution in [0.1, 0.15) is 22.3 Å². The maximum atomic E-state index is 13.8. The lowest BCUT2D eigenvalue weighted by molar-refractivity contribution is 0.0623. The van der Waals surface area contributed by atoms with E-state index in [-0.39, 0.29) is 11.9 Å². The molecule has 0 fully saturated rings. The van der Waals surface area contributed by atoms with Crippen LogP contribution in [0.5, 0.6) is 0 Å². The van der Waals surface area contributed by atoms with Gasteiger partial charge in [-0.25, -0.2) is 9.37 Å². The Balaban J connectivity index is 1.76. The van der Waals surface area contributed by atoms with Gasteiger partial charge in [0.05, 0.1) is 17.3 Å². The lowest BCUT2D eigenvalue weighted by atomic mass is 10.0. The molecule has 2 aliphatic rings. The van der Waals surface area contributed by atoms with Crippen LogP contribution >= 0.6 is 0 Å². The summed E-state index contributed by atoms with van der Waals surface area (Å²) >= 11 is 0. The van der Waals surface area contributed by atoms with Crippen LogP contribution in [0.2, 0.25) is 0 Å². The number of allylic oxidation sites excluding steroid dienone is 2. The van der Waals surface area contributed by atoms with E-state index >= 15 is 0 Å². The number of anilines is 2. The van der Waals surface area contributed by atoms with Crippen molar-refractivity contribution in [2.75, 3.05) is 17.3 Å². The van der Waals surface area contributed by atoms with E-state index in [1.165, 1.54) is 12.1 Å². The van der Waals surface area contributed by atoms with Crippen molar-refractivity contribution in [3.05, 3.63) is 77.8 Å². The maximum absolute atomic E-state index is 13.8. The van der Waals surface area contributed by atoms with Crippen LogP contribution in [0.3, 0.4) is 0 Å². The van der Waals surface area contributed by atoms with Crippen molar-refractivity contribution in [1.82, 2.24) is 9.88 Å². The highest BCUT2D eigenvalue weighted by Gasteiger charge is 2.39. The number of hydrogen-bond donors (Lipinski definition) is 1. The van der Waals surface area contributed by atoms with E-state index in [0.717, 1.165) is 5.56 Å². The number of hydrogen-bond acceptors (Lipinski definition) is 4. The molecule has 2 aromatic rings. The minimum atomic E-state index is -0.438. The first-order chi connectivity index (χ1) is 13.0. The first-order valence-corrected chi connectivity index (χ1v) is 8.92. The summed E-state index contributed by atoms with van der Waals surface area (Å²) in [5.41, 5.74) is 2.12. The summed E-state index contributed by atoms with van der Waals surface area (Å²) < 4.78 is 13.8. The van der Waals surface area contributed by atoms with Crippen LogP contribution in [0, 0.1) is 12.7 Å². The lowest BCUT2D eigenvalue weighted by Crippen LogP contribution is -2.60. The molecule has 0 saturated heterocycles. The number of nitrogens with zero attached hydrogens (tertiary/aromatic N) is 3. The Morgan fingerprint density at radius 3 is 2.78 bits per heavy atom. The monoisotopic (exact) mass is 364 g/mol. The summed E-state index contributed by atoms with van der Waals surface area (Å²) in [7, 11) is 1.89. The number of pyridine rings is 1. The summed E-state index contributed by atoms with van der Waals surface area (Å²) in [6.07, 6.45) is 9.97. The van der Waals surface area contributed by atoms with Gasteiger partial charge >= 0.3 is 0 Å². The largest absolute Gasteiger partial charge is 0.337 e. The molecule has 5 nitrogen and oxygen atoms in total. The van der Waals surface area contributed by atoms with Gasteiger partial charge in [0.1, 0.15) is 11.6 Å². The molecule has 1 aliphatic carbocycles. The van der Waals surface area contributed by atoms with Crippen LogP contribution in [0.4, 0.5) is 15.9 Å². The van der Waals surface area contributed by atoms with Crippen molar-refractivity contribution in [2.24, 2.45) is 0 Å². The third kappa shape index (κ3) is 3.18. The van der Waals surface area contributed by atoms with Crippen molar-refractivity contribution in [1.29, 1.82) is 0 Å². The van der Waals surface area contributed by atoms with Crippen LogP contribution < -0.4 is 10.2 Å². The SMILES string of the molecule is Cc1ccc(NC2N(C)c3ccc(F)cc3C(=O)N2C2C=CC=CC2)nc1. The van der Waals surface area contributed by atoms with Crippen molar-refractivity contribution in [2.45, 2.75) is 25.7 Å². The highest BCUT2D eigenvalue weighted by molar-refractivity contribution is 6.02. The predicted molar refractivity (Wildman–Crippen MR) is 104 cm³/mol. The number of nitrogens with one attached hydrogen (secondary N) is 1. The Labute approximate surface area is 157 Å². The Morgan fingerprint density at radius 2 is 2.07 bits per heavy atom. The number of halogens is 1. The first kappa shape index (κ1) is 17.3. The Hall–Kier alpha value is -3.15. The number of amides is 1. The number of aryl methyl sites for hydroxylation is 1. The zero-order chi connectivity index (χ0) is 19.0. The standard InChI is InChI=1S/C21H21FN4O/c1-14-8-11-19(23-13-14)24-21-25(2)18-10-9-15(22)12-17(18)20(27)26(21)16-6-4-3-5-7-16/h3-6,8-13,16,21H,7H2,1-2H3,(H,23,24). The van der Waals surface area contributed by atoms with E-state index < -0.39 is 12.1 Å². The maximum Gasteiger partial charge on any atom is 0.259 e. The fourth-order valence-electron chi connectivity index (χ4n) is 3.51. The average molecular weight is 364 g/mol. The molecular weight excluding hydrogens is 343 g/mol. The topological polar surface area (TPSA) is 48.5 Å². The van der Waals surface area contributed by atoms with E-state index in [1.54, 1.807) is 17.2 Å². The molecule has 1 aromatic heterocycles. The fraction of sp³-hybridized carbons (Fsp3) is 0.238. The van der Waals surface area contributed by atoms with Gasteiger partial charge in [-0.15, -0.1) is 0 Å². The van der Waals surface area contributed by atoms with Gasteiger partial charge in [0.25, 0.3) is 5.91 Å². The molecule has 2 heterocycles. The molecule has 1 N–H and O–H groups in total. The summed E-state index contributed by atoms with van der Waals surface area (Å²) in [5, 5.41) is 3.36. The second-order valence-electron chi connectivity index (χ2n) is 6.84. The molecule has 0 radical (unpaired) electrons. The number of carbonyl (C=O) groups is 1. The molecule has 2 atom stereocenters. The van der Waals surface area contributed by atoms with Crippen molar-refractivity contribution in [3.8, 4) is 0 Å². The molecular formula is C21H21FN4O. The lowest BCUT2D eigenvalue weighted by Gasteiger charge is -2.46. The van der Waals surface area contributed by atoms with E-state index in [2.05, 4.69) is 10.3 Å². The minimum absolute atomic E-state index is 0.121. The highest BCUT2D eigenvalue weighted by atomic mass is 19.1. The van der Waals surface area contributed by atoms with E-state index in [0.29, 0.717) is 23.5 Å². The van der Waals surface area contributed by atoms with Gasteiger partial charge in [0.15, 0.2) is 6.29 Å². The Bertz CT molecular complexity index is 922. The molecule has 1 aliphatic heterocycles. The number of carbonyl (C=O) groups excluding carboxylic acids is 1. The summed E-state index contributed by atoms with van der Waals surface area (Å²) in [6.45, 7) is 1.98. The summed E-state index contributed by atoms with van der Waals surface area (Å²) in [6, 6.07) is 8.07. The van der Waals surface area contributed by atoms with E-state index in [1.807, 2.05) is 55.3 Å². The molecule has 138 valence electrons. The number of fused-ring (bicyclic) bond motifs is 1. The molecule has 4 rings (SSSR count). The van der Waals surface area contributed by atoms with Crippen LogP contribution in [-0.4, -0.2) is 35.2 Å². The van der Waals surface area contributed by atoms with Crippen LogP contribution in [0.15, 0.2) is 60.8 Å². The van der Waals surface area contributed by atoms with E-state index in [4.69, 9.17) is 0 Å². The molecule has 27 heavy (non-hydrogen) atoms. The number of rotatable bonds is 3. The normalized spacial score (nSPS) is 21.4. The Kier molecular flexibility index (Phi) is 4.39. The minimum Gasteiger partial charge on any atom is -0.337 e. The highest BCUT2D eigenvalue weighted by Crippen LogP contribution is 2.33.